The number of hydrogen-bond acceptors (Lipinski definition) is 6. The number of H-pyrrole nitrogens is 1. The lowest BCUT2D eigenvalue weighted by Gasteiger charge is -2.27. The molecule has 5 heterocycles. The quantitative estimate of drug-likeness (QED) is 0.421. The van der Waals surface area contributed by atoms with Crippen molar-refractivity contribution in [3.8, 4) is 5.69 Å². The number of anilines is 1. The van der Waals surface area contributed by atoms with E-state index < -0.39 is 0 Å². The Morgan fingerprint density at radius 2 is 1.94 bits per heavy atom. The fourth-order valence-corrected chi connectivity index (χ4v) is 4.59. The summed E-state index contributed by atoms with van der Waals surface area (Å²) in [7, 11) is 0. The lowest BCUT2D eigenvalue weighted by Crippen LogP contribution is -2.33. The van der Waals surface area contributed by atoms with Crippen LogP contribution in [0.3, 0.4) is 0 Å². The van der Waals surface area contributed by atoms with Crippen LogP contribution in [0.25, 0.3) is 22.4 Å². The Kier molecular flexibility index (Phi) is 5.29. The molecule has 1 aliphatic heterocycles. The Bertz CT molecular complexity index is 1530. The zero-order valence-electron chi connectivity index (χ0n) is 17.1. The first-order valence-corrected chi connectivity index (χ1v) is 10.5. The Labute approximate surface area is 198 Å². The minimum Gasteiger partial charge on any atom is -0.344 e. The van der Waals surface area contributed by atoms with Gasteiger partial charge in [-0.3, -0.25) is 9.36 Å². The summed E-state index contributed by atoms with van der Waals surface area (Å²) in [5.74, 6) is 0.828. The fraction of sp³-hybridized carbons (Fsp3) is 0.190. The van der Waals surface area contributed by atoms with Crippen LogP contribution < -0.4 is 10.5 Å². The molecule has 0 radical (unpaired) electrons. The summed E-state index contributed by atoms with van der Waals surface area (Å²) in [6.45, 7) is 0.722. The second-order valence-corrected chi connectivity index (χ2v) is 7.99. The standard InChI is InChI=1S/C21H16ClFN8O.H2S/c22-14-7-9-30-17(14)21(32)31(13-5-3-12(23)4-6-13)19(28-30)15-2-1-8-29(15)20-16-18(25-10-24-16)26-11-27-20;/h3-7,9-11,15H,1-2,8H2,(H,24,25,26,27);1H2/t15-;/m0./s1. The van der Waals surface area contributed by atoms with E-state index in [1.807, 2.05) is 0 Å². The molecule has 4 aromatic heterocycles. The first-order chi connectivity index (χ1) is 15.6. The largest absolute Gasteiger partial charge is 0.344 e. The minimum atomic E-state index is -0.386. The van der Waals surface area contributed by atoms with Crippen molar-refractivity contribution in [2.24, 2.45) is 0 Å². The van der Waals surface area contributed by atoms with Gasteiger partial charge in [-0.25, -0.2) is 23.9 Å². The normalized spacial score (nSPS) is 15.9. The van der Waals surface area contributed by atoms with Crippen molar-refractivity contribution in [2.75, 3.05) is 11.4 Å². The summed E-state index contributed by atoms with van der Waals surface area (Å²) >= 11 is 6.28. The number of benzene rings is 1. The Morgan fingerprint density at radius 3 is 2.76 bits per heavy atom. The molecule has 5 aromatic rings. The van der Waals surface area contributed by atoms with Crippen molar-refractivity contribution in [1.29, 1.82) is 0 Å². The topological polar surface area (TPSA) is 97.0 Å². The van der Waals surface area contributed by atoms with Gasteiger partial charge in [0.25, 0.3) is 5.56 Å². The molecule has 0 aliphatic carbocycles. The number of imidazole rings is 1. The van der Waals surface area contributed by atoms with E-state index in [4.69, 9.17) is 16.7 Å². The van der Waals surface area contributed by atoms with Crippen molar-refractivity contribution in [3.05, 3.63) is 76.2 Å². The average Bonchev–Trinajstić information content (AvgIpc) is 3.54. The van der Waals surface area contributed by atoms with Crippen LogP contribution in [0.1, 0.15) is 24.7 Å². The van der Waals surface area contributed by atoms with Crippen LogP contribution in [-0.4, -0.2) is 40.7 Å². The van der Waals surface area contributed by atoms with E-state index in [9.17, 15) is 9.18 Å². The van der Waals surface area contributed by atoms with Gasteiger partial charge < -0.3 is 9.88 Å². The van der Waals surface area contributed by atoms with Gasteiger partial charge in [0.05, 0.1) is 23.1 Å². The molecule has 0 saturated carbocycles. The molecule has 0 spiro atoms. The highest BCUT2D eigenvalue weighted by molar-refractivity contribution is 7.59. The van der Waals surface area contributed by atoms with Gasteiger partial charge in [-0.2, -0.15) is 18.6 Å². The smallest absolute Gasteiger partial charge is 0.284 e. The van der Waals surface area contributed by atoms with Crippen LogP contribution in [0.15, 0.2) is 54.0 Å². The molecule has 0 bridgehead atoms. The van der Waals surface area contributed by atoms with Gasteiger partial charge in [0.2, 0.25) is 0 Å². The molecule has 0 unspecified atom stereocenters. The van der Waals surface area contributed by atoms with Gasteiger partial charge in [0.1, 0.15) is 23.2 Å². The number of aromatic amines is 1. The maximum atomic E-state index is 13.6. The minimum absolute atomic E-state index is 0. The van der Waals surface area contributed by atoms with Gasteiger partial charge in [0.15, 0.2) is 17.3 Å². The summed E-state index contributed by atoms with van der Waals surface area (Å²) in [6, 6.07) is 7.15. The number of halogens is 2. The summed E-state index contributed by atoms with van der Waals surface area (Å²) < 4.78 is 16.6. The summed E-state index contributed by atoms with van der Waals surface area (Å²) in [5.41, 5.74) is 1.75. The van der Waals surface area contributed by atoms with Gasteiger partial charge in [-0.15, -0.1) is 0 Å². The molecular weight excluding hydrogens is 467 g/mol. The van der Waals surface area contributed by atoms with Crippen molar-refractivity contribution >= 4 is 47.6 Å². The number of nitrogens with zero attached hydrogens (tertiary/aromatic N) is 7. The molecule has 1 aromatic carbocycles. The third-order valence-corrected chi connectivity index (χ3v) is 6.08. The number of rotatable bonds is 3. The zero-order chi connectivity index (χ0) is 21.8. The number of nitrogens with one attached hydrogen (secondary N) is 1. The molecule has 1 N–H and O–H groups in total. The second kappa shape index (κ2) is 8.16. The highest BCUT2D eigenvalue weighted by atomic mass is 35.5. The SMILES string of the molecule is O=c1c2c(Cl)ccn2nc([C@@H]2CCCN2c2ncnc3nc[nH]c23)n1-c1ccc(F)cc1.S. The molecule has 1 atom stereocenters. The number of hydrogen-bond donors (Lipinski definition) is 1. The molecule has 1 saturated heterocycles. The summed E-state index contributed by atoms with van der Waals surface area (Å²) in [4.78, 5) is 31.7. The lowest BCUT2D eigenvalue weighted by molar-refractivity contribution is 0.599. The van der Waals surface area contributed by atoms with Crippen LogP contribution in [0.2, 0.25) is 5.02 Å². The van der Waals surface area contributed by atoms with Gasteiger partial charge in [0, 0.05) is 12.7 Å². The summed E-state index contributed by atoms with van der Waals surface area (Å²) in [5, 5.41) is 5.08. The molecule has 1 aliphatic rings. The first-order valence-electron chi connectivity index (χ1n) is 10.1. The lowest BCUT2D eigenvalue weighted by atomic mass is 10.2. The van der Waals surface area contributed by atoms with Crippen LogP contribution in [0.4, 0.5) is 10.2 Å². The van der Waals surface area contributed by atoms with Crippen molar-refractivity contribution in [3.63, 3.8) is 0 Å². The molecule has 6 rings (SSSR count). The fourth-order valence-electron chi connectivity index (χ4n) is 4.36. The van der Waals surface area contributed by atoms with Crippen molar-refractivity contribution in [1.82, 2.24) is 34.1 Å². The van der Waals surface area contributed by atoms with Crippen LogP contribution in [0.5, 0.6) is 0 Å². The third-order valence-electron chi connectivity index (χ3n) is 5.77. The summed E-state index contributed by atoms with van der Waals surface area (Å²) in [6.07, 6.45) is 6.36. The van der Waals surface area contributed by atoms with Crippen molar-refractivity contribution in [2.45, 2.75) is 18.9 Å². The van der Waals surface area contributed by atoms with E-state index >= 15 is 0 Å². The third kappa shape index (κ3) is 3.35. The zero-order valence-corrected chi connectivity index (χ0v) is 18.9. The van der Waals surface area contributed by atoms with Gasteiger partial charge >= 0.3 is 0 Å². The van der Waals surface area contributed by atoms with Crippen molar-refractivity contribution < 1.29 is 4.39 Å². The van der Waals surface area contributed by atoms with E-state index in [0.29, 0.717) is 28.0 Å². The Hall–Kier alpha value is -3.44. The maximum Gasteiger partial charge on any atom is 0.284 e. The molecule has 33 heavy (non-hydrogen) atoms. The average molecular weight is 485 g/mol. The molecule has 168 valence electrons. The molecular formula is C21H18ClFN8OS. The van der Waals surface area contributed by atoms with E-state index in [-0.39, 0.29) is 36.4 Å². The Morgan fingerprint density at radius 1 is 1.12 bits per heavy atom. The molecule has 12 heteroatoms. The van der Waals surface area contributed by atoms with Crippen LogP contribution in [0, 0.1) is 5.82 Å². The van der Waals surface area contributed by atoms with Gasteiger partial charge in [-0.05, 0) is 43.2 Å². The molecule has 0 amide bonds. The Balaban J connectivity index is 0.00000228. The predicted octanol–water partition coefficient (Wildman–Crippen LogP) is 3.40. The van der Waals surface area contributed by atoms with E-state index in [0.717, 1.165) is 24.9 Å². The predicted molar refractivity (Wildman–Crippen MR) is 127 cm³/mol. The van der Waals surface area contributed by atoms with E-state index in [1.165, 1.54) is 27.5 Å². The van der Waals surface area contributed by atoms with Crippen LogP contribution in [-0.2, 0) is 0 Å². The van der Waals surface area contributed by atoms with E-state index in [1.54, 1.807) is 30.7 Å². The van der Waals surface area contributed by atoms with Crippen LogP contribution >= 0.6 is 25.1 Å². The number of fused-ring (bicyclic) bond motifs is 2. The van der Waals surface area contributed by atoms with E-state index in [2.05, 4.69) is 24.8 Å². The number of aromatic nitrogens is 7. The highest BCUT2D eigenvalue weighted by Gasteiger charge is 2.33. The second-order valence-electron chi connectivity index (χ2n) is 7.58. The molecule has 1 fully saturated rings. The first kappa shape index (κ1) is 21.4. The maximum absolute atomic E-state index is 13.6. The molecule has 9 nitrogen and oxygen atoms in total. The monoisotopic (exact) mass is 484 g/mol. The van der Waals surface area contributed by atoms with Gasteiger partial charge in [-0.1, -0.05) is 11.6 Å². The highest BCUT2D eigenvalue weighted by Crippen LogP contribution is 2.37.